The number of aryl methyl sites for hydroxylation is 1. The molecule has 0 N–H and O–H groups in total. The largest absolute Gasteiger partial charge is 0.451 e. The van der Waals surface area contributed by atoms with E-state index in [0.717, 1.165) is 41.0 Å². The molecule has 3 aromatic rings. The molecule has 3 heterocycles. The van der Waals surface area contributed by atoms with Crippen LogP contribution >= 0.6 is 11.6 Å². The zero-order valence-corrected chi connectivity index (χ0v) is 21.3. The van der Waals surface area contributed by atoms with Crippen LogP contribution in [0.1, 0.15) is 31.2 Å². The number of aromatic nitrogens is 3. The monoisotopic (exact) mass is 574 g/mol. The maximum Gasteiger partial charge on any atom is 0.451 e. The fourth-order valence-corrected chi connectivity index (χ4v) is 6.10. The number of nitrogens with zero attached hydrogens (tertiary/aromatic N) is 4. The number of sulfonamides is 1. The van der Waals surface area contributed by atoms with Gasteiger partial charge in [-0.05, 0) is 55.3 Å². The van der Waals surface area contributed by atoms with Crippen LogP contribution in [0.3, 0.4) is 0 Å². The average Bonchev–Trinajstić information content (AvgIpc) is 3.18. The van der Waals surface area contributed by atoms with Crippen molar-refractivity contribution < 1.29 is 35.2 Å². The number of Topliss-reactive ketones (excluding diaryl/α,β-unsaturated/α-hetero) is 1. The number of hydrogen-bond acceptors (Lipinski definition) is 6. The van der Waals surface area contributed by atoms with Gasteiger partial charge in [-0.15, -0.1) is 0 Å². The van der Waals surface area contributed by atoms with Crippen LogP contribution in [0.15, 0.2) is 53.7 Å². The highest BCUT2D eigenvalue weighted by atomic mass is 35.5. The predicted octanol–water partition coefficient (Wildman–Crippen LogP) is 5.04. The Bertz CT molecular complexity index is 1450. The molecule has 1 aromatic carbocycles. The van der Waals surface area contributed by atoms with Gasteiger partial charge < -0.3 is 0 Å². The van der Waals surface area contributed by atoms with Crippen molar-refractivity contribution in [2.24, 2.45) is 0 Å². The van der Waals surface area contributed by atoms with Gasteiger partial charge in [0.25, 0.3) is 0 Å². The summed E-state index contributed by atoms with van der Waals surface area (Å²) in [6.45, 7) is 0.663. The first-order valence-corrected chi connectivity index (χ1v) is 13.0. The Kier molecular flexibility index (Phi) is 7.56. The number of carbonyl (C=O) groups is 1. The van der Waals surface area contributed by atoms with Crippen LogP contribution in [0.2, 0.25) is 5.15 Å². The first-order chi connectivity index (χ1) is 17.7. The number of hydrogen-bond donors (Lipinski definition) is 0. The summed E-state index contributed by atoms with van der Waals surface area (Å²) in [6, 6.07) is 5.68. The molecule has 0 amide bonds. The van der Waals surface area contributed by atoms with Crippen LogP contribution in [0.25, 0.3) is 11.3 Å². The lowest BCUT2D eigenvalue weighted by Crippen LogP contribution is -2.41. The molecule has 0 aliphatic carbocycles. The second kappa shape index (κ2) is 10.3. The van der Waals surface area contributed by atoms with Crippen molar-refractivity contribution in [1.29, 1.82) is 0 Å². The SMILES string of the molecule is C[C@@]1(F)C[C@@H](C(=O)CCc2cc(Cl)nc(-c3cnc(C(F)(F)F)nc3)c2)N(S(=O)(=O)c2ccc(F)cc2)C1. The van der Waals surface area contributed by atoms with Gasteiger partial charge in [0, 0.05) is 37.3 Å². The quantitative estimate of drug-likeness (QED) is 0.290. The molecule has 1 aliphatic rings. The molecule has 7 nitrogen and oxygen atoms in total. The molecule has 0 spiro atoms. The van der Waals surface area contributed by atoms with Gasteiger partial charge in [-0.2, -0.15) is 17.5 Å². The van der Waals surface area contributed by atoms with Crippen LogP contribution in [0.5, 0.6) is 0 Å². The van der Waals surface area contributed by atoms with E-state index in [1.54, 1.807) is 0 Å². The summed E-state index contributed by atoms with van der Waals surface area (Å²) in [5, 5.41) is 0.00237. The van der Waals surface area contributed by atoms with E-state index in [0.29, 0.717) is 5.56 Å². The lowest BCUT2D eigenvalue weighted by atomic mass is 9.98. The molecule has 2 aromatic heterocycles. The van der Waals surface area contributed by atoms with Gasteiger partial charge in [0.05, 0.1) is 16.6 Å². The number of benzene rings is 1. The molecular weight excluding hydrogens is 555 g/mol. The third-order valence-corrected chi connectivity index (χ3v) is 8.02. The van der Waals surface area contributed by atoms with Crippen LogP contribution in [-0.2, 0) is 27.4 Å². The summed E-state index contributed by atoms with van der Waals surface area (Å²) < 4.78 is 93.5. The number of alkyl halides is 4. The highest BCUT2D eigenvalue weighted by molar-refractivity contribution is 7.89. The van der Waals surface area contributed by atoms with Crippen LogP contribution in [0.4, 0.5) is 22.0 Å². The molecule has 38 heavy (non-hydrogen) atoms. The van der Waals surface area contributed by atoms with Crippen molar-refractivity contribution in [3.8, 4) is 11.3 Å². The Morgan fingerprint density at radius 3 is 2.39 bits per heavy atom. The molecule has 4 rings (SSSR count). The molecule has 2 atom stereocenters. The molecule has 14 heteroatoms. The van der Waals surface area contributed by atoms with Gasteiger partial charge in [0.15, 0.2) is 5.78 Å². The summed E-state index contributed by atoms with van der Waals surface area (Å²) >= 11 is 6.06. The smallest absolute Gasteiger partial charge is 0.298 e. The van der Waals surface area contributed by atoms with Crippen molar-refractivity contribution in [1.82, 2.24) is 19.3 Å². The molecule has 202 valence electrons. The third-order valence-electron chi connectivity index (χ3n) is 5.96. The third kappa shape index (κ3) is 6.16. The van der Waals surface area contributed by atoms with E-state index in [1.807, 2.05) is 0 Å². The topological polar surface area (TPSA) is 93.1 Å². The van der Waals surface area contributed by atoms with Crippen molar-refractivity contribution >= 4 is 27.4 Å². The van der Waals surface area contributed by atoms with Crippen LogP contribution < -0.4 is 0 Å². The molecule has 0 radical (unpaired) electrons. The second-order valence-corrected chi connectivity index (χ2v) is 11.4. The lowest BCUT2D eigenvalue weighted by molar-refractivity contribution is -0.145. The predicted molar refractivity (Wildman–Crippen MR) is 127 cm³/mol. The maximum absolute atomic E-state index is 14.9. The Hall–Kier alpha value is -3.03. The minimum absolute atomic E-state index is 0.00237. The molecule has 1 saturated heterocycles. The molecule has 0 bridgehead atoms. The number of carbonyl (C=O) groups excluding carboxylic acids is 1. The van der Waals surface area contributed by atoms with Crippen molar-refractivity contribution in [3.63, 3.8) is 0 Å². The molecule has 1 fully saturated rings. The molecule has 0 saturated carbocycles. The molecular formula is C24H20ClF5N4O3S. The fraction of sp³-hybridized carbons (Fsp3) is 0.333. The maximum atomic E-state index is 14.9. The summed E-state index contributed by atoms with van der Waals surface area (Å²) in [4.78, 5) is 23.5. The van der Waals surface area contributed by atoms with Gasteiger partial charge in [-0.1, -0.05) is 11.6 Å². The van der Waals surface area contributed by atoms with E-state index >= 15 is 0 Å². The standard InChI is InChI=1S/C24H20ClF5N4O3S/c1-23(27)10-19(34(13-23)38(36,37)17-5-3-16(26)4-6-17)20(35)7-2-14-8-18(33-21(25)9-14)15-11-31-22(32-12-15)24(28,29)30/h3-6,8-9,11-12,19H,2,7,10,13H2,1H3/t19-,23+/m0/s1. The number of halogens is 6. The zero-order valence-electron chi connectivity index (χ0n) is 19.7. The van der Waals surface area contributed by atoms with Crippen molar-refractivity contribution in [2.75, 3.05) is 6.54 Å². The van der Waals surface area contributed by atoms with Gasteiger partial charge in [-0.25, -0.2) is 32.2 Å². The Labute approximate surface area is 219 Å². The highest BCUT2D eigenvalue weighted by Crippen LogP contribution is 2.36. The van der Waals surface area contributed by atoms with E-state index in [4.69, 9.17) is 11.6 Å². The summed E-state index contributed by atoms with van der Waals surface area (Å²) in [5.74, 6) is -2.50. The Balaban J connectivity index is 1.52. The first-order valence-electron chi connectivity index (χ1n) is 11.2. The van der Waals surface area contributed by atoms with Crippen LogP contribution in [-0.4, -0.2) is 51.7 Å². The zero-order chi connectivity index (χ0) is 27.9. The highest BCUT2D eigenvalue weighted by Gasteiger charge is 2.49. The average molecular weight is 575 g/mol. The lowest BCUT2D eigenvalue weighted by Gasteiger charge is -2.23. The van der Waals surface area contributed by atoms with E-state index in [2.05, 4.69) is 15.0 Å². The van der Waals surface area contributed by atoms with Gasteiger partial charge in [0.2, 0.25) is 15.8 Å². The van der Waals surface area contributed by atoms with E-state index in [9.17, 15) is 35.2 Å². The minimum Gasteiger partial charge on any atom is -0.298 e. The van der Waals surface area contributed by atoms with Crippen LogP contribution in [0, 0.1) is 5.82 Å². The Morgan fingerprint density at radius 1 is 1.16 bits per heavy atom. The van der Waals surface area contributed by atoms with Gasteiger partial charge in [0.1, 0.15) is 16.6 Å². The van der Waals surface area contributed by atoms with E-state index in [1.165, 1.54) is 19.1 Å². The summed E-state index contributed by atoms with van der Waals surface area (Å²) in [5.41, 5.74) is -1.13. The van der Waals surface area contributed by atoms with Gasteiger partial charge >= 0.3 is 6.18 Å². The summed E-state index contributed by atoms with van der Waals surface area (Å²) in [7, 11) is -4.29. The normalized spacial score (nSPS) is 20.6. The summed E-state index contributed by atoms with van der Waals surface area (Å²) in [6.07, 6.45) is -3.28. The van der Waals surface area contributed by atoms with E-state index in [-0.39, 0.29) is 40.6 Å². The first kappa shape index (κ1) is 28.0. The molecule has 0 unspecified atom stereocenters. The van der Waals surface area contributed by atoms with Gasteiger partial charge in [-0.3, -0.25) is 4.79 Å². The van der Waals surface area contributed by atoms with E-state index < -0.39 is 51.9 Å². The second-order valence-electron chi connectivity index (χ2n) is 9.08. The molecule has 1 aliphatic heterocycles. The fourth-order valence-electron chi connectivity index (χ4n) is 4.16. The van der Waals surface area contributed by atoms with Crippen molar-refractivity contribution in [2.45, 2.75) is 49.0 Å². The van der Waals surface area contributed by atoms with Crippen molar-refractivity contribution in [3.05, 3.63) is 71.2 Å². The number of ketones is 1. The minimum atomic E-state index is -4.71. The Morgan fingerprint density at radius 2 is 1.79 bits per heavy atom. The number of rotatable bonds is 7. The number of pyridine rings is 1.